The summed E-state index contributed by atoms with van der Waals surface area (Å²) in [6, 6.07) is 10.3. The molecule has 3 rings (SSSR count). The third kappa shape index (κ3) is 3.45. The van der Waals surface area contributed by atoms with E-state index in [0.717, 1.165) is 24.8 Å². The van der Waals surface area contributed by atoms with Crippen LogP contribution in [0, 0.1) is 6.92 Å². The van der Waals surface area contributed by atoms with Crippen molar-refractivity contribution < 1.29 is 4.79 Å². The van der Waals surface area contributed by atoms with Crippen LogP contribution in [0.4, 0.5) is 4.79 Å². The van der Waals surface area contributed by atoms with E-state index >= 15 is 0 Å². The molecule has 1 aliphatic rings. The van der Waals surface area contributed by atoms with Gasteiger partial charge < -0.3 is 10.6 Å². The molecule has 2 N–H and O–H groups in total. The summed E-state index contributed by atoms with van der Waals surface area (Å²) in [6.45, 7) is 2.58. The minimum Gasteiger partial charge on any atom is -0.334 e. The summed E-state index contributed by atoms with van der Waals surface area (Å²) in [4.78, 5) is 16.2. The van der Waals surface area contributed by atoms with E-state index in [1.54, 1.807) is 12.4 Å². The Labute approximate surface area is 131 Å². The van der Waals surface area contributed by atoms with Crippen LogP contribution < -0.4 is 10.6 Å². The SMILES string of the molecule is Cc1ccc2c(c1)C(NC(=O)NCc1cccnc1)CCC2. The minimum atomic E-state index is -0.122. The van der Waals surface area contributed by atoms with Crippen molar-refractivity contribution >= 4 is 6.03 Å². The molecular weight excluding hydrogens is 274 g/mol. The van der Waals surface area contributed by atoms with Gasteiger partial charge in [-0.1, -0.05) is 29.8 Å². The lowest BCUT2D eigenvalue weighted by molar-refractivity contribution is 0.235. The van der Waals surface area contributed by atoms with Crippen molar-refractivity contribution in [3.63, 3.8) is 0 Å². The van der Waals surface area contributed by atoms with Crippen molar-refractivity contribution in [1.29, 1.82) is 0 Å². The number of benzene rings is 1. The van der Waals surface area contributed by atoms with Crippen molar-refractivity contribution in [3.05, 3.63) is 65.0 Å². The normalized spacial score (nSPS) is 16.7. The van der Waals surface area contributed by atoms with Crippen molar-refractivity contribution in [3.8, 4) is 0 Å². The standard InChI is InChI=1S/C18H21N3O/c1-13-7-8-15-5-2-6-17(16(15)10-13)21-18(22)20-12-14-4-3-9-19-11-14/h3-4,7-11,17H,2,5-6,12H2,1H3,(H2,20,21,22). The molecule has 4 heteroatoms. The van der Waals surface area contributed by atoms with Gasteiger partial charge in [-0.3, -0.25) is 4.98 Å². The third-order valence-electron chi connectivity index (χ3n) is 4.10. The fourth-order valence-corrected chi connectivity index (χ4v) is 2.96. The molecule has 0 spiro atoms. The third-order valence-corrected chi connectivity index (χ3v) is 4.10. The molecule has 1 unspecified atom stereocenters. The maximum Gasteiger partial charge on any atom is 0.315 e. The lowest BCUT2D eigenvalue weighted by Gasteiger charge is -2.27. The molecule has 1 aliphatic carbocycles. The number of nitrogens with zero attached hydrogens (tertiary/aromatic N) is 1. The van der Waals surface area contributed by atoms with Gasteiger partial charge in [-0.2, -0.15) is 0 Å². The van der Waals surface area contributed by atoms with Crippen molar-refractivity contribution in [2.24, 2.45) is 0 Å². The topological polar surface area (TPSA) is 54.0 Å². The number of fused-ring (bicyclic) bond motifs is 1. The number of carbonyl (C=O) groups excluding carboxylic acids is 1. The first-order chi connectivity index (χ1) is 10.7. The van der Waals surface area contributed by atoms with Crippen LogP contribution in [0.15, 0.2) is 42.7 Å². The van der Waals surface area contributed by atoms with E-state index < -0.39 is 0 Å². The van der Waals surface area contributed by atoms with Crippen LogP contribution in [-0.4, -0.2) is 11.0 Å². The van der Waals surface area contributed by atoms with Gasteiger partial charge in [0, 0.05) is 18.9 Å². The van der Waals surface area contributed by atoms with Crippen molar-refractivity contribution in [2.45, 2.75) is 38.8 Å². The smallest absolute Gasteiger partial charge is 0.315 e. The minimum absolute atomic E-state index is 0.109. The summed E-state index contributed by atoms with van der Waals surface area (Å²) in [6.07, 6.45) is 6.70. The molecule has 114 valence electrons. The molecule has 2 amide bonds. The van der Waals surface area contributed by atoms with Crippen LogP contribution in [0.5, 0.6) is 0 Å². The lowest BCUT2D eigenvalue weighted by atomic mass is 9.87. The summed E-state index contributed by atoms with van der Waals surface area (Å²) in [5, 5.41) is 6.00. The Morgan fingerprint density at radius 3 is 3.09 bits per heavy atom. The number of rotatable bonds is 3. The molecule has 0 bridgehead atoms. The Kier molecular flexibility index (Phi) is 4.37. The number of hydrogen-bond acceptors (Lipinski definition) is 2. The molecule has 0 aliphatic heterocycles. The zero-order valence-corrected chi connectivity index (χ0v) is 12.8. The van der Waals surface area contributed by atoms with Crippen LogP contribution in [0.2, 0.25) is 0 Å². The fourth-order valence-electron chi connectivity index (χ4n) is 2.96. The van der Waals surface area contributed by atoms with Gasteiger partial charge in [0.2, 0.25) is 0 Å². The Bertz CT molecular complexity index is 655. The molecule has 0 fully saturated rings. The molecular formula is C18H21N3O. The van der Waals surface area contributed by atoms with Crippen molar-refractivity contribution in [1.82, 2.24) is 15.6 Å². The molecule has 1 aromatic carbocycles. The number of pyridine rings is 1. The molecule has 1 heterocycles. The van der Waals surface area contributed by atoms with Crippen LogP contribution in [-0.2, 0) is 13.0 Å². The van der Waals surface area contributed by atoms with E-state index in [0.29, 0.717) is 6.54 Å². The molecule has 4 nitrogen and oxygen atoms in total. The average Bonchev–Trinajstić information content (AvgIpc) is 2.54. The van der Waals surface area contributed by atoms with Gasteiger partial charge in [-0.15, -0.1) is 0 Å². The van der Waals surface area contributed by atoms with Crippen LogP contribution >= 0.6 is 0 Å². The van der Waals surface area contributed by atoms with Gasteiger partial charge in [0.15, 0.2) is 0 Å². The van der Waals surface area contributed by atoms with Crippen molar-refractivity contribution in [2.75, 3.05) is 0 Å². The summed E-state index contributed by atoms with van der Waals surface area (Å²) in [5.74, 6) is 0. The number of carbonyl (C=O) groups is 1. The zero-order chi connectivity index (χ0) is 15.4. The Morgan fingerprint density at radius 1 is 1.36 bits per heavy atom. The van der Waals surface area contributed by atoms with Gasteiger partial charge in [0.05, 0.1) is 6.04 Å². The highest BCUT2D eigenvalue weighted by molar-refractivity contribution is 5.74. The van der Waals surface area contributed by atoms with E-state index in [1.807, 2.05) is 12.1 Å². The number of nitrogens with one attached hydrogen (secondary N) is 2. The van der Waals surface area contributed by atoms with E-state index in [4.69, 9.17) is 0 Å². The maximum absolute atomic E-state index is 12.1. The van der Waals surface area contributed by atoms with Gasteiger partial charge in [-0.05, 0) is 48.9 Å². The Balaban J connectivity index is 1.62. The van der Waals surface area contributed by atoms with E-state index in [2.05, 4.69) is 40.7 Å². The number of hydrogen-bond donors (Lipinski definition) is 2. The summed E-state index contributed by atoms with van der Waals surface area (Å²) in [7, 11) is 0. The van der Waals surface area contributed by atoms with Crippen LogP contribution in [0.1, 0.15) is 41.1 Å². The van der Waals surface area contributed by atoms with E-state index in [1.165, 1.54) is 16.7 Å². The van der Waals surface area contributed by atoms with Crippen LogP contribution in [0.25, 0.3) is 0 Å². The quantitative estimate of drug-likeness (QED) is 0.913. The van der Waals surface area contributed by atoms with Gasteiger partial charge in [0.1, 0.15) is 0 Å². The molecule has 2 aromatic rings. The second-order valence-electron chi connectivity index (χ2n) is 5.84. The fraction of sp³-hybridized carbons (Fsp3) is 0.333. The Morgan fingerprint density at radius 2 is 2.27 bits per heavy atom. The summed E-state index contributed by atoms with van der Waals surface area (Å²) in [5.41, 5.74) is 4.86. The predicted molar refractivity (Wildman–Crippen MR) is 86.5 cm³/mol. The lowest BCUT2D eigenvalue weighted by Crippen LogP contribution is -2.38. The first-order valence-electron chi connectivity index (χ1n) is 7.75. The molecule has 0 saturated carbocycles. The monoisotopic (exact) mass is 295 g/mol. The zero-order valence-electron chi connectivity index (χ0n) is 12.8. The largest absolute Gasteiger partial charge is 0.334 e. The highest BCUT2D eigenvalue weighted by Gasteiger charge is 2.21. The first-order valence-corrected chi connectivity index (χ1v) is 7.75. The Hall–Kier alpha value is -2.36. The molecule has 0 saturated heterocycles. The number of aromatic nitrogens is 1. The highest BCUT2D eigenvalue weighted by Crippen LogP contribution is 2.30. The molecule has 22 heavy (non-hydrogen) atoms. The maximum atomic E-state index is 12.1. The predicted octanol–water partition coefficient (Wildman–Crippen LogP) is 3.27. The molecule has 1 aromatic heterocycles. The van der Waals surface area contributed by atoms with E-state index in [-0.39, 0.29) is 12.1 Å². The second kappa shape index (κ2) is 6.60. The number of aryl methyl sites for hydroxylation is 2. The highest BCUT2D eigenvalue weighted by atomic mass is 16.2. The first kappa shape index (κ1) is 14.6. The van der Waals surface area contributed by atoms with Gasteiger partial charge in [-0.25, -0.2) is 4.79 Å². The summed E-state index contributed by atoms with van der Waals surface area (Å²) < 4.78 is 0. The van der Waals surface area contributed by atoms with Gasteiger partial charge >= 0.3 is 6.03 Å². The number of amides is 2. The van der Waals surface area contributed by atoms with Crippen LogP contribution in [0.3, 0.4) is 0 Å². The number of urea groups is 1. The average molecular weight is 295 g/mol. The molecule has 1 atom stereocenters. The van der Waals surface area contributed by atoms with Gasteiger partial charge in [0.25, 0.3) is 0 Å². The molecule has 0 radical (unpaired) electrons. The van der Waals surface area contributed by atoms with E-state index in [9.17, 15) is 4.79 Å². The summed E-state index contributed by atoms with van der Waals surface area (Å²) >= 11 is 0. The second-order valence-corrected chi connectivity index (χ2v) is 5.84.